The molecule has 1 aromatic heterocycles. The molecule has 0 spiro atoms. The van der Waals surface area contributed by atoms with Gasteiger partial charge in [-0.15, -0.1) is 10.2 Å². The van der Waals surface area contributed by atoms with E-state index < -0.39 is 11.8 Å². The molecule has 0 unspecified atom stereocenters. The fraction of sp³-hybridized carbons (Fsp3) is 0. The monoisotopic (exact) mass is 126 g/mol. The zero-order chi connectivity index (χ0) is 6.85. The van der Waals surface area contributed by atoms with E-state index in [1.807, 2.05) is 0 Å². The van der Waals surface area contributed by atoms with Crippen molar-refractivity contribution in [1.29, 1.82) is 0 Å². The van der Waals surface area contributed by atoms with Gasteiger partial charge in [0.25, 0.3) is 11.8 Å². The van der Waals surface area contributed by atoms with E-state index in [-0.39, 0.29) is 5.82 Å². The molecule has 9 heavy (non-hydrogen) atoms. The van der Waals surface area contributed by atoms with Crippen LogP contribution in [0.3, 0.4) is 0 Å². The minimum absolute atomic E-state index is 0.0744. The second-order valence-corrected chi connectivity index (χ2v) is 1.38. The van der Waals surface area contributed by atoms with Gasteiger partial charge in [0, 0.05) is 6.92 Å². The molecule has 0 atom stereocenters. The van der Waals surface area contributed by atoms with E-state index in [1.165, 1.54) is 0 Å². The molecule has 0 saturated carbocycles. The quantitative estimate of drug-likeness (QED) is 0.488. The first-order valence-corrected chi connectivity index (χ1v) is 2.15. The molecule has 1 rings (SSSR count). The third-order valence-electron chi connectivity index (χ3n) is 0.695. The summed E-state index contributed by atoms with van der Waals surface area (Å²) in [5, 5.41) is 23.5. The molecule has 0 aliphatic carbocycles. The third kappa shape index (κ3) is 1.04. The van der Waals surface area contributed by atoms with Crippen molar-refractivity contribution in [1.82, 2.24) is 15.2 Å². The van der Waals surface area contributed by atoms with Crippen LogP contribution in [-0.4, -0.2) is 25.4 Å². The first-order chi connectivity index (χ1) is 4.20. The van der Waals surface area contributed by atoms with Crippen LogP contribution in [0.1, 0.15) is 5.82 Å². The van der Waals surface area contributed by atoms with Crippen molar-refractivity contribution in [3.05, 3.63) is 12.7 Å². The highest BCUT2D eigenvalue weighted by molar-refractivity contribution is 5.19. The van der Waals surface area contributed by atoms with Crippen LogP contribution in [0.4, 0.5) is 0 Å². The molecule has 0 aliphatic heterocycles. The summed E-state index contributed by atoms with van der Waals surface area (Å²) in [7, 11) is 0. The van der Waals surface area contributed by atoms with Gasteiger partial charge in [0.15, 0.2) is 5.82 Å². The van der Waals surface area contributed by atoms with Gasteiger partial charge in [-0.1, -0.05) is 0 Å². The Kier molecular flexibility index (Phi) is 1.18. The highest BCUT2D eigenvalue weighted by atomic mass is 16.3. The Morgan fingerprint density at radius 1 is 1.11 bits per heavy atom. The van der Waals surface area contributed by atoms with E-state index in [0.717, 1.165) is 0 Å². The van der Waals surface area contributed by atoms with Crippen LogP contribution >= 0.6 is 0 Å². The van der Waals surface area contributed by atoms with Gasteiger partial charge in [-0.3, -0.25) is 0 Å². The summed E-state index contributed by atoms with van der Waals surface area (Å²) in [4.78, 5) is 3.29. The van der Waals surface area contributed by atoms with Crippen LogP contribution in [0.25, 0.3) is 0 Å². The lowest BCUT2D eigenvalue weighted by atomic mass is 10.7. The number of hydrogen-bond acceptors (Lipinski definition) is 5. The van der Waals surface area contributed by atoms with Gasteiger partial charge >= 0.3 is 0 Å². The molecule has 0 aromatic carbocycles. The van der Waals surface area contributed by atoms with E-state index in [1.54, 1.807) is 0 Å². The second-order valence-electron chi connectivity index (χ2n) is 1.38. The van der Waals surface area contributed by atoms with Gasteiger partial charge in [-0.2, -0.15) is 4.98 Å². The maximum Gasteiger partial charge on any atom is 0.294 e. The van der Waals surface area contributed by atoms with Gasteiger partial charge in [-0.25, -0.2) is 0 Å². The van der Waals surface area contributed by atoms with Gasteiger partial charge < -0.3 is 10.2 Å². The van der Waals surface area contributed by atoms with Crippen LogP contribution in [0.2, 0.25) is 0 Å². The average molecular weight is 126 g/mol. The van der Waals surface area contributed by atoms with Crippen molar-refractivity contribution < 1.29 is 10.2 Å². The smallest absolute Gasteiger partial charge is 0.294 e. The largest absolute Gasteiger partial charge is 0.489 e. The van der Waals surface area contributed by atoms with E-state index in [0.29, 0.717) is 0 Å². The van der Waals surface area contributed by atoms with Gasteiger partial charge in [0.1, 0.15) is 0 Å². The molecule has 0 aliphatic rings. The normalized spacial score (nSPS) is 9.44. The van der Waals surface area contributed by atoms with Crippen molar-refractivity contribution >= 4 is 0 Å². The van der Waals surface area contributed by atoms with Gasteiger partial charge in [0.05, 0.1) is 0 Å². The summed E-state index contributed by atoms with van der Waals surface area (Å²) >= 11 is 0. The Labute approximate surface area is 51.0 Å². The minimum atomic E-state index is -0.581. The topological polar surface area (TPSA) is 79.1 Å². The Balaban J connectivity index is 3.17. The summed E-state index contributed by atoms with van der Waals surface area (Å²) < 4.78 is 0. The Hall–Kier alpha value is -1.39. The lowest BCUT2D eigenvalue weighted by molar-refractivity contribution is 0.366. The molecule has 1 radical (unpaired) electrons. The predicted molar refractivity (Wildman–Crippen MR) is 27.6 cm³/mol. The molecule has 1 heterocycles. The van der Waals surface area contributed by atoms with Crippen LogP contribution < -0.4 is 0 Å². The lowest BCUT2D eigenvalue weighted by Gasteiger charge is -1.91. The summed E-state index contributed by atoms with van der Waals surface area (Å²) in [5.41, 5.74) is 0. The van der Waals surface area contributed by atoms with Crippen LogP contribution in [0.15, 0.2) is 0 Å². The average Bonchev–Trinajstić information content (AvgIpc) is 1.80. The van der Waals surface area contributed by atoms with Crippen molar-refractivity contribution in [2.75, 3.05) is 0 Å². The number of aromatic hydroxyl groups is 2. The molecular weight excluding hydrogens is 122 g/mol. The molecule has 1 aromatic rings. The number of aromatic nitrogens is 3. The molecule has 2 N–H and O–H groups in total. The van der Waals surface area contributed by atoms with Crippen LogP contribution in [0.5, 0.6) is 11.8 Å². The molecule has 47 valence electrons. The third-order valence-corrected chi connectivity index (χ3v) is 0.695. The van der Waals surface area contributed by atoms with Crippen molar-refractivity contribution in [3.63, 3.8) is 0 Å². The van der Waals surface area contributed by atoms with Gasteiger partial charge in [-0.05, 0) is 0 Å². The predicted octanol–water partition coefficient (Wildman–Crippen LogP) is -0.535. The molecule has 5 heteroatoms. The van der Waals surface area contributed by atoms with Crippen LogP contribution in [-0.2, 0) is 0 Å². The second kappa shape index (κ2) is 1.85. The molecule has 5 nitrogen and oxygen atoms in total. The van der Waals surface area contributed by atoms with E-state index in [9.17, 15) is 0 Å². The minimum Gasteiger partial charge on any atom is -0.489 e. The lowest BCUT2D eigenvalue weighted by Crippen LogP contribution is -1.90. The summed E-state index contributed by atoms with van der Waals surface area (Å²) in [6.45, 7) is 3.27. The fourth-order valence-corrected chi connectivity index (χ4v) is 0.344. The molecule has 0 amide bonds. The maximum atomic E-state index is 8.60. The van der Waals surface area contributed by atoms with E-state index >= 15 is 0 Å². The molecular formula is C4H4N3O2. The Morgan fingerprint density at radius 2 is 1.78 bits per heavy atom. The van der Waals surface area contributed by atoms with E-state index in [4.69, 9.17) is 10.2 Å². The van der Waals surface area contributed by atoms with Gasteiger partial charge in [0.2, 0.25) is 0 Å². The van der Waals surface area contributed by atoms with Crippen molar-refractivity contribution in [2.24, 2.45) is 0 Å². The van der Waals surface area contributed by atoms with E-state index in [2.05, 4.69) is 22.1 Å². The zero-order valence-electron chi connectivity index (χ0n) is 4.44. The first-order valence-electron chi connectivity index (χ1n) is 2.15. The SMILES string of the molecule is [CH2]c1nnc(O)c(O)n1. The van der Waals surface area contributed by atoms with Crippen LogP contribution in [0, 0.1) is 6.92 Å². The Morgan fingerprint density at radius 3 is 2.22 bits per heavy atom. The fourth-order valence-electron chi connectivity index (χ4n) is 0.344. The zero-order valence-corrected chi connectivity index (χ0v) is 4.44. The number of hydrogen-bond donors (Lipinski definition) is 2. The highest BCUT2D eigenvalue weighted by Crippen LogP contribution is 2.14. The summed E-state index contributed by atoms with van der Waals surface area (Å²) in [6.07, 6.45) is 0. The summed E-state index contributed by atoms with van der Waals surface area (Å²) in [5.74, 6) is -1.05. The first kappa shape index (κ1) is 5.74. The van der Waals surface area contributed by atoms with Crippen molar-refractivity contribution in [2.45, 2.75) is 0 Å². The molecule has 0 saturated heterocycles. The maximum absolute atomic E-state index is 8.60. The summed E-state index contributed by atoms with van der Waals surface area (Å²) in [6, 6.07) is 0. The highest BCUT2D eigenvalue weighted by Gasteiger charge is 2.00. The molecule has 0 fully saturated rings. The van der Waals surface area contributed by atoms with Crippen molar-refractivity contribution in [3.8, 4) is 11.8 Å². The molecule has 0 bridgehead atoms. The Bertz CT molecular complexity index is 225. The number of nitrogens with zero attached hydrogens (tertiary/aromatic N) is 3. The number of rotatable bonds is 0. The standard InChI is InChI=1S/C4H4N3O2/c1-2-5-3(8)4(9)7-6-2/h1H2,(H,7,9)(H,5,6,8).